The van der Waals surface area contributed by atoms with Gasteiger partial charge in [0.25, 0.3) is 0 Å². The Kier molecular flexibility index (Phi) is 7.33. The largest absolute Gasteiger partial charge is 0.388 e. The molecule has 11 nitrogen and oxygen atoms in total. The van der Waals surface area contributed by atoms with Crippen LogP contribution in [0.5, 0.6) is 0 Å². The Morgan fingerprint density at radius 3 is 2.50 bits per heavy atom. The van der Waals surface area contributed by atoms with Crippen molar-refractivity contribution in [2.75, 3.05) is 11.5 Å². The molecule has 1 unspecified atom stereocenters. The molecule has 5 N–H and O–H groups in total. The maximum atomic E-state index is 11.2. The van der Waals surface area contributed by atoms with Gasteiger partial charge in [-0.3, -0.25) is 9.13 Å². The standard InChI is InChI=1S/C23H29ClN5O6P/c24-23-27-20(26-15-8-6-14(7-9-15)13-4-2-1-3-5-13)17-21(28-23)29(12-25-17)22-19(31)18(30)16(35-22)10-11-36(32,33)34/h6-9,12-13,16,18-19,22,30-31H,1-5,10-11H2,(H,26,27,28)(H2,32,33,34)/t16-,18?,19+,22-/m1/s1. The molecule has 3 heterocycles. The molecular weight excluding hydrogens is 509 g/mol. The van der Waals surface area contributed by atoms with E-state index in [2.05, 4.69) is 32.4 Å². The maximum Gasteiger partial charge on any atom is 0.325 e. The third kappa shape index (κ3) is 5.43. The lowest BCUT2D eigenvalue weighted by Crippen LogP contribution is -2.31. The number of halogens is 1. The molecule has 0 radical (unpaired) electrons. The van der Waals surface area contributed by atoms with Crippen molar-refractivity contribution in [3.8, 4) is 0 Å². The summed E-state index contributed by atoms with van der Waals surface area (Å²) < 4.78 is 18.4. The molecule has 1 saturated heterocycles. The minimum Gasteiger partial charge on any atom is -0.388 e. The second kappa shape index (κ2) is 10.3. The summed E-state index contributed by atoms with van der Waals surface area (Å²) in [6.45, 7) is 0. The Hall–Kier alpha value is -2.11. The highest BCUT2D eigenvalue weighted by Gasteiger charge is 2.44. The van der Waals surface area contributed by atoms with Gasteiger partial charge in [0, 0.05) is 5.69 Å². The van der Waals surface area contributed by atoms with Crippen molar-refractivity contribution in [3.05, 3.63) is 41.4 Å². The van der Waals surface area contributed by atoms with E-state index in [0.29, 0.717) is 17.3 Å². The molecule has 0 spiro atoms. The molecule has 5 rings (SSSR count). The van der Waals surface area contributed by atoms with Crippen molar-refractivity contribution in [1.82, 2.24) is 19.5 Å². The number of nitrogens with one attached hydrogen (secondary N) is 1. The highest BCUT2D eigenvalue weighted by molar-refractivity contribution is 7.51. The fourth-order valence-corrected chi connectivity index (χ4v) is 5.82. The molecular formula is C23H29ClN5O6P. The molecule has 13 heteroatoms. The number of fused-ring (bicyclic) bond motifs is 1. The fraction of sp³-hybridized carbons (Fsp3) is 0.522. The van der Waals surface area contributed by atoms with E-state index in [1.54, 1.807) is 0 Å². The minimum absolute atomic E-state index is 0.0448. The molecule has 1 aromatic carbocycles. The van der Waals surface area contributed by atoms with Crippen LogP contribution in [-0.2, 0) is 9.30 Å². The molecule has 3 aromatic rings. The number of hydrogen-bond acceptors (Lipinski definition) is 8. The number of ether oxygens (including phenoxy) is 1. The summed E-state index contributed by atoms with van der Waals surface area (Å²) in [7, 11) is -4.28. The van der Waals surface area contributed by atoms with Crippen molar-refractivity contribution in [2.45, 2.75) is 69.0 Å². The van der Waals surface area contributed by atoms with Crippen molar-refractivity contribution < 1.29 is 29.3 Å². The first-order valence-electron chi connectivity index (χ1n) is 12.0. The molecule has 1 aliphatic heterocycles. The van der Waals surface area contributed by atoms with Gasteiger partial charge in [0.1, 0.15) is 12.2 Å². The van der Waals surface area contributed by atoms with Gasteiger partial charge >= 0.3 is 7.60 Å². The summed E-state index contributed by atoms with van der Waals surface area (Å²) in [4.78, 5) is 31.2. The van der Waals surface area contributed by atoms with Gasteiger partial charge in [-0.25, -0.2) is 4.98 Å². The maximum absolute atomic E-state index is 11.2. The third-order valence-electron chi connectivity index (χ3n) is 6.96. The number of imidazole rings is 1. The summed E-state index contributed by atoms with van der Waals surface area (Å²) in [6.07, 6.45) is 2.36. The molecule has 1 aliphatic carbocycles. The van der Waals surface area contributed by atoms with Crippen LogP contribution in [0, 0.1) is 0 Å². The Morgan fingerprint density at radius 2 is 1.81 bits per heavy atom. The van der Waals surface area contributed by atoms with E-state index >= 15 is 0 Å². The van der Waals surface area contributed by atoms with Crippen LogP contribution in [0.3, 0.4) is 0 Å². The number of anilines is 2. The number of aromatic nitrogens is 4. The van der Waals surface area contributed by atoms with Crippen molar-refractivity contribution in [3.63, 3.8) is 0 Å². The Morgan fingerprint density at radius 1 is 1.08 bits per heavy atom. The minimum atomic E-state index is -4.28. The number of hydrogen-bond donors (Lipinski definition) is 5. The molecule has 1 saturated carbocycles. The average molecular weight is 538 g/mol. The quantitative estimate of drug-likeness (QED) is 0.223. The van der Waals surface area contributed by atoms with Gasteiger partial charge in [-0.15, -0.1) is 0 Å². The van der Waals surface area contributed by atoms with Gasteiger partial charge in [0.15, 0.2) is 23.2 Å². The van der Waals surface area contributed by atoms with E-state index in [1.165, 1.54) is 48.6 Å². The number of benzene rings is 1. The highest BCUT2D eigenvalue weighted by atomic mass is 35.5. The number of aliphatic hydroxyl groups is 2. The summed E-state index contributed by atoms with van der Waals surface area (Å²) in [6, 6.07) is 8.24. The molecule has 2 fully saturated rings. The van der Waals surface area contributed by atoms with E-state index in [4.69, 9.17) is 26.1 Å². The molecule has 4 atom stereocenters. The van der Waals surface area contributed by atoms with E-state index in [-0.39, 0.29) is 17.4 Å². The second-order valence-corrected chi connectivity index (χ2v) is 11.6. The van der Waals surface area contributed by atoms with E-state index in [1.807, 2.05) is 12.1 Å². The molecule has 2 aromatic heterocycles. The van der Waals surface area contributed by atoms with Crippen LogP contribution in [0.1, 0.15) is 56.2 Å². The molecule has 2 aliphatic rings. The van der Waals surface area contributed by atoms with Crippen molar-refractivity contribution in [2.24, 2.45) is 0 Å². The van der Waals surface area contributed by atoms with Gasteiger partial charge in [-0.2, -0.15) is 9.97 Å². The van der Waals surface area contributed by atoms with E-state index in [9.17, 15) is 14.8 Å². The highest BCUT2D eigenvalue weighted by Crippen LogP contribution is 2.40. The summed E-state index contributed by atoms with van der Waals surface area (Å²) in [5, 5.41) is 24.2. The van der Waals surface area contributed by atoms with Crippen LogP contribution in [0.15, 0.2) is 30.6 Å². The fourth-order valence-electron chi connectivity index (χ4n) is 5.07. The second-order valence-electron chi connectivity index (χ2n) is 9.47. The first-order valence-corrected chi connectivity index (χ1v) is 14.2. The number of nitrogens with zero attached hydrogens (tertiary/aromatic N) is 4. The van der Waals surface area contributed by atoms with E-state index < -0.39 is 38.3 Å². The first-order chi connectivity index (χ1) is 17.2. The normalized spacial score (nSPS) is 25.5. The molecule has 194 valence electrons. The first kappa shape index (κ1) is 25.5. The molecule has 0 amide bonds. The van der Waals surface area contributed by atoms with Gasteiger partial charge in [-0.1, -0.05) is 31.4 Å². The van der Waals surface area contributed by atoms with E-state index in [0.717, 1.165) is 5.69 Å². The Labute approximate surface area is 212 Å². The van der Waals surface area contributed by atoms with Gasteiger partial charge < -0.3 is 30.1 Å². The zero-order valence-corrected chi connectivity index (χ0v) is 21.1. The topological polar surface area (TPSA) is 163 Å². The summed E-state index contributed by atoms with van der Waals surface area (Å²) >= 11 is 6.20. The van der Waals surface area contributed by atoms with Gasteiger partial charge in [0.05, 0.1) is 18.6 Å². The lowest BCUT2D eigenvalue weighted by Gasteiger charge is -2.22. The van der Waals surface area contributed by atoms with Crippen LogP contribution in [0.2, 0.25) is 5.28 Å². The summed E-state index contributed by atoms with van der Waals surface area (Å²) in [5.41, 5.74) is 2.81. The smallest absolute Gasteiger partial charge is 0.325 e. The molecule has 36 heavy (non-hydrogen) atoms. The van der Waals surface area contributed by atoms with Crippen LogP contribution < -0.4 is 5.32 Å². The van der Waals surface area contributed by atoms with Crippen LogP contribution >= 0.6 is 19.2 Å². The lowest BCUT2D eigenvalue weighted by molar-refractivity contribution is -0.0355. The number of rotatable bonds is 7. The van der Waals surface area contributed by atoms with Crippen molar-refractivity contribution >= 4 is 41.9 Å². The van der Waals surface area contributed by atoms with Crippen LogP contribution in [0.4, 0.5) is 11.5 Å². The van der Waals surface area contributed by atoms with Gasteiger partial charge in [-0.05, 0) is 54.5 Å². The predicted molar refractivity (Wildman–Crippen MR) is 133 cm³/mol. The monoisotopic (exact) mass is 537 g/mol. The molecule has 0 bridgehead atoms. The SMILES string of the molecule is O=P(O)(O)CC[C@H]1O[C@@H](n2cnc3c(Nc4ccc(C5CCCCC5)cc4)nc(Cl)nc32)[C@@H](O)C1O. The third-order valence-corrected chi connectivity index (χ3v) is 7.97. The lowest BCUT2D eigenvalue weighted by atomic mass is 9.84. The number of aliphatic hydroxyl groups excluding tert-OH is 2. The zero-order valence-electron chi connectivity index (χ0n) is 19.4. The van der Waals surface area contributed by atoms with Crippen LogP contribution in [-0.4, -0.2) is 64.0 Å². The van der Waals surface area contributed by atoms with Crippen LogP contribution in [0.25, 0.3) is 11.2 Å². The average Bonchev–Trinajstić information content (AvgIpc) is 3.39. The predicted octanol–water partition coefficient (Wildman–Crippen LogP) is 3.46. The zero-order chi connectivity index (χ0) is 25.4. The van der Waals surface area contributed by atoms with Gasteiger partial charge in [0.2, 0.25) is 5.28 Å². The Balaban J connectivity index is 1.37. The Bertz CT molecular complexity index is 1260. The van der Waals surface area contributed by atoms with Crippen molar-refractivity contribution in [1.29, 1.82) is 0 Å². The summed E-state index contributed by atoms with van der Waals surface area (Å²) in [5.74, 6) is 0.975.